The number of benzene rings is 1. The fraction of sp³-hybridized carbons (Fsp3) is 0.500. The smallest absolute Gasteiger partial charge is 0.120 e. The highest BCUT2D eigenvalue weighted by Crippen LogP contribution is 2.17. The third kappa shape index (κ3) is 3.40. The van der Waals surface area contributed by atoms with E-state index in [9.17, 15) is 0 Å². The summed E-state index contributed by atoms with van der Waals surface area (Å²) in [7, 11) is 0. The first-order valence-corrected chi connectivity index (χ1v) is 5.84. The van der Waals surface area contributed by atoms with Crippen LogP contribution in [-0.4, -0.2) is 19.2 Å². The average Bonchev–Trinajstić information content (AvgIpc) is 2.71. The Balaban J connectivity index is 1.73. The SMILES string of the molecule is Clc1cccc(OCCC2CCCN2)c1. The number of hydrogen-bond donors (Lipinski definition) is 1. The van der Waals surface area contributed by atoms with E-state index >= 15 is 0 Å². The molecule has 0 saturated carbocycles. The molecule has 0 aromatic heterocycles. The maximum Gasteiger partial charge on any atom is 0.120 e. The Hall–Kier alpha value is -0.730. The summed E-state index contributed by atoms with van der Waals surface area (Å²) in [4.78, 5) is 0. The molecule has 1 aliphatic heterocycles. The second-order valence-corrected chi connectivity index (χ2v) is 4.32. The van der Waals surface area contributed by atoms with Gasteiger partial charge in [-0.25, -0.2) is 0 Å². The molecule has 1 aromatic carbocycles. The van der Waals surface area contributed by atoms with Gasteiger partial charge in [0.2, 0.25) is 0 Å². The Morgan fingerprint density at radius 2 is 2.40 bits per heavy atom. The molecule has 1 unspecified atom stereocenters. The van der Waals surface area contributed by atoms with E-state index in [1.165, 1.54) is 12.8 Å². The lowest BCUT2D eigenvalue weighted by Gasteiger charge is -2.11. The molecule has 0 spiro atoms. The summed E-state index contributed by atoms with van der Waals surface area (Å²) in [6, 6.07) is 8.19. The topological polar surface area (TPSA) is 21.3 Å². The molecule has 1 heterocycles. The van der Waals surface area contributed by atoms with Crippen LogP contribution in [0.25, 0.3) is 0 Å². The van der Waals surface area contributed by atoms with Gasteiger partial charge in [0.1, 0.15) is 5.75 Å². The zero-order chi connectivity index (χ0) is 10.5. The van der Waals surface area contributed by atoms with E-state index in [1.54, 1.807) is 0 Å². The molecule has 15 heavy (non-hydrogen) atoms. The highest BCUT2D eigenvalue weighted by Gasteiger charge is 2.13. The quantitative estimate of drug-likeness (QED) is 0.851. The Labute approximate surface area is 95.6 Å². The first kappa shape index (κ1) is 10.8. The molecule has 82 valence electrons. The van der Waals surface area contributed by atoms with Crippen molar-refractivity contribution in [2.45, 2.75) is 25.3 Å². The van der Waals surface area contributed by atoms with Crippen LogP contribution in [0, 0.1) is 0 Å². The van der Waals surface area contributed by atoms with Gasteiger partial charge in [-0.15, -0.1) is 0 Å². The van der Waals surface area contributed by atoms with Crippen molar-refractivity contribution in [2.75, 3.05) is 13.2 Å². The summed E-state index contributed by atoms with van der Waals surface area (Å²) in [6.45, 7) is 1.92. The molecule has 0 radical (unpaired) electrons. The Bertz CT molecular complexity index is 310. The van der Waals surface area contributed by atoms with Crippen LogP contribution < -0.4 is 10.1 Å². The molecule has 2 nitrogen and oxygen atoms in total. The third-order valence-corrected chi connectivity index (χ3v) is 2.93. The molecule has 1 N–H and O–H groups in total. The fourth-order valence-corrected chi connectivity index (χ4v) is 2.06. The monoisotopic (exact) mass is 225 g/mol. The van der Waals surface area contributed by atoms with Crippen molar-refractivity contribution in [1.82, 2.24) is 5.32 Å². The van der Waals surface area contributed by atoms with Crippen molar-refractivity contribution in [2.24, 2.45) is 0 Å². The molecule has 0 amide bonds. The Kier molecular flexibility index (Phi) is 3.87. The minimum Gasteiger partial charge on any atom is -0.493 e. The molecule has 1 aliphatic rings. The van der Waals surface area contributed by atoms with Crippen molar-refractivity contribution in [1.29, 1.82) is 0 Å². The van der Waals surface area contributed by atoms with Crippen molar-refractivity contribution in [3.8, 4) is 5.75 Å². The molecule has 1 aromatic rings. The predicted octanol–water partition coefficient (Wildman–Crippen LogP) is 2.86. The number of rotatable bonds is 4. The normalized spacial score (nSPS) is 20.5. The van der Waals surface area contributed by atoms with Gasteiger partial charge in [-0.2, -0.15) is 0 Å². The van der Waals surface area contributed by atoms with Crippen LogP contribution in [0.2, 0.25) is 5.02 Å². The van der Waals surface area contributed by atoms with Crippen LogP contribution in [0.15, 0.2) is 24.3 Å². The second-order valence-electron chi connectivity index (χ2n) is 3.89. The zero-order valence-corrected chi connectivity index (χ0v) is 9.46. The third-order valence-electron chi connectivity index (χ3n) is 2.69. The molecule has 1 saturated heterocycles. The highest BCUT2D eigenvalue weighted by atomic mass is 35.5. The molecule has 1 fully saturated rings. The highest BCUT2D eigenvalue weighted by molar-refractivity contribution is 6.30. The summed E-state index contributed by atoms with van der Waals surface area (Å²) in [5.74, 6) is 0.862. The molecule has 0 aliphatic carbocycles. The summed E-state index contributed by atoms with van der Waals surface area (Å²) >= 11 is 5.86. The lowest BCUT2D eigenvalue weighted by Crippen LogP contribution is -2.23. The Morgan fingerprint density at radius 3 is 3.13 bits per heavy atom. The standard InChI is InChI=1S/C12H16ClNO/c13-10-3-1-5-12(9-10)15-8-6-11-4-2-7-14-11/h1,3,5,9,11,14H,2,4,6-8H2. The summed E-state index contributed by atoms with van der Waals surface area (Å²) in [5.41, 5.74) is 0. The van der Waals surface area contributed by atoms with Gasteiger partial charge in [-0.3, -0.25) is 0 Å². The van der Waals surface area contributed by atoms with Gasteiger partial charge in [-0.1, -0.05) is 17.7 Å². The van der Waals surface area contributed by atoms with Gasteiger partial charge in [0.05, 0.1) is 6.61 Å². The number of halogens is 1. The predicted molar refractivity (Wildman–Crippen MR) is 62.6 cm³/mol. The van der Waals surface area contributed by atoms with E-state index in [0.29, 0.717) is 6.04 Å². The van der Waals surface area contributed by atoms with Crippen molar-refractivity contribution < 1.29 is 4.74 Å². The molecule has 3 heteroatoms. The summed E-state index contributed by atoms with van der Waals surface area (Å²) in [5, 5.41) is 4.18. The van der Waals surface area contributed by atoms with Gasteiger partial charge < -0.3 is 10.1 Å². The second kappa shape index (κ2) is 5.38. The van der Waals surface area contributed by atoms with Crippen LogP contribution in [0.1, 0.15) is 19.3 Å². The van der Waals surface area contributed by atoms with Crippen LogP contribution in [0.5, 0.6) is 5.75 Å². The summed E-state index contributed by atoms with van der Waals surface area (Å²) < 4.78 is 5.62. The zero-order valence-electron chi connectivity index (χ0n) is 8.71. The van der Waals surface area contributed by atoms with Crippen LogP contribution >= 0.6 is 11.6 Å². The lowest BCUT2D eigenvalue weighted by molar-refractivity contribution is 0.292. The minimum absolute atomic E-state index is 0.643. The Morgan fingerprint density at radius 1 is 1.47 bits per heavy atom. The van der Waals surface area contributed by atoms with Crippen molar-refractivity contribution in [3.05, 3.63) is 29.3 Å². The van der Waals surface area contributed by atoms with Gasteiger partial charge in [0.25, 0.3) is 0 Å². The van der Waals surface area contributed by atoms with E-state index in [0.717, 1.165) is 30.3 Å². The minimum atomic E-state index is 0.643. The first-order chi connectivity index (χ1) is 7.34. The van der Waals surface area contributed by atoms with E-state index in [2.05, 4.69) is 5.32 Å². The number of ether oxygens (including phenoxy) is 1. The van der Waals surface area contributed by atoms with E-state index < -0.39 is 0 Å². The van der Waals surface area contributed by atoms with E-state index in [-0.39, 0.29) is 0 Å². The van der Waals surface area contributed by atoms with Gasteiger partial charge in [-0.05, 0) is 44.0 Å². The molecule has 1 atom stereocenters. The fourth-order valence-electron chi connectivity index (χ4n) is 1.88. The van der Waals surface area contributed by atoms with E-state index in [1.807, 2.05) is 24.3 Å². The molecular weight excluding hydrogens is 210 g/mol. The molecule has 0 bridgehead atoms. The van der Waals surface area contributed by atoms with Crippen LogP contribution in [-0.2, 0) is 0 Å². The van der Waals surface area contributed by atoms with E-state index in [4.69, 9.17) is 16.3 Å². The summed E-state index contributed by atoms with van der Waals surface area (Å²) in [6.07, 6.45) is 3.65. The van der Waals surface area contributed by atoms with Crippen LogP contribution in [0.4, 0.5) is 0 Å². The lowest BCUT2D eigenvalue weighted by atomic mass is 10.2. The maximum atomic E-state index is 5.86. The van der Waals surface area contributed by atoms with Gasteiger partial charge in [0.15, 0.2) is 0 Å². The first-order valence-electron chi connectivity index (χ1n) is 5.46. The molecular formula is C12H16ClNO. The number of hydrogen-bond acceptors (Lipinski definition) is 2. The van der Waals surface area contributed by atoms with Gasteiger partial charge >= 0.3 is 0 Å². The van der Waals surface area contributed by atoms with Crippen molar-refractivity contribution in [3.63, 3.8) is 0 Å². The van der Waals surface area contributed by atoms with Crippen molar-refractivity contribution >= 4 is 11.6 Å². The average molecular weight is 226 g/mol. The number of nitrogens with one attached hydrogen (secondary N) is 1. The molecule has 2 rings (SSSR count). The maximum absolute atomic E-state index is 5.86. The van der Waals surface area contributed by atoms with Gasteiger partial charge in [0, 0.05) is 11.1 Å². The van der Waals surface area contributed by atoms with Crippen LogP contribution in [0.3, 0.4) is 0 Å². The largest absolute Gasteiger partial charge is 0.493 e.